The van der Waals surface area contributed by atoms with Gasteiger partial charge in [-0.3, -0.25) is 0 Å². The van der Waals surface area contributed by atoms with Crippen LogP contribution in [-0.2, 0) is 12.0 Å². The van der Waals surface area contributed by atoms with Crippen molar-refractivity contribution in [1.82, 2.24) is 0 Å². The van der Waals surface area contributed by atoms with E-state index in [2.05, 4.69) is 26.8 Å². The molecule has 0 radical (unpaired) electrons. The molecule has 0 amide bonds. The monoisotopic (exact) mass is 266 g/mol. The van der Waals surface area contributed by atoms with Crippen LogP contribution in [0.5, 0.6) is 0 Å². The second-order valence-corrected chi connectivity index (χ2v) is 6.07. The molecule has 0 bridgehead atoms. The number of benzene rings is 2. The van der Waals surface area contributed by atoms with Crippen LogP contribution < -0.4 is 0 Å². The van der Waals surface area contributed by atoms with Crippen molar-refractivity contribution in [1.29, 1.82) is 0 Å². The summed E-state index contributed by atoms with van der Waals surface area (Å²) in [5.41, 5.74) is 6.55. The van der Waals surface area contributed by atoms with Crippen molar-refractivity contribution in [3.63, 3.8) is 0 Å². The lowest BCUT2D eigenvalue weighted by atomic mass is 9.71. The smallest absolute Gasteiger partial charge is 0.115 e. The molecule has 2 aromatic carbocycles. The Bertz CT molecular complexity index is 643. The Labute approximate surface area is 121 Å². The van der Waals surface area contributed by atoms with Gasteiger partial charge < -0.3 is 5.11 Å². The summed E-state index contributed by atoms with van der Waals surface area (Å²) in [6.45, 7) is 6.46. The molecule has 0 saturated carbocycles. The van der Waals surface area contributed by atoms with Crippen LogP contribution in [0.3, 0.4) is 0 Å². The predicted molar refractivity (Wildman–Crippen MR) is 83.0 cm³/mol. The van der Waals surface area contributed by atoms with Gasteiger partial charge in [0.2, 0.25) is 0 Å². The highest BCUT2D eigenvalue weighted by Crippen LogP contribution is 2.43. The van der Waals surface area contributed by atoms with Crippen molar-refractivity contribution >= 4 is 0 Å². The van der Waals surface area contributed by atoms with Crippen LogP contribution in [0.2, 0.25) is 0 Å². The minimum atomic E-state index is -0.824. The minimum absolute atomic E-state index is 0.813. The standard InChI is InChI=1S/C19H22O/c1-13-12-14(2)17-10-7-11-19(20,18(17)15(13)3)16-8-5-4-6-9-16/h4-6,8-9,12,20H,7,10-11H2,1-3H3. The number of fused-ring (bicyclic) bond motifs is 1. The summed E-state index contributed by atoms with van der Waals surface area (Å²) < 4.78 is 0. The van der Waals surface area contributed by atoms with Crippen molar-refractivity contribution in [3.05, 3.63) is 69.8 Å². The third-order valence-corrected chi connectivity index (χ3v) is 4.81. The zero-order chi connectivity index (χ0) is 14.3. The summed E-state index contributed by atoms with van der Waals surface area (Å²) in [7, 11) is 0. The summed E-state index contributed by atoms with van der Waals surface area (Å²) >= 11 is 0. The molecule has 0 saturated heterocycles. The van der Waals surface area contributed by atoms with Crippen LogP contribution in [0.15, 0.2) is 36.4 Å². The van der Waals surface area contributed by atoms with Gasteiger partial charge in [0.25, 0.3) is 0 Å². The Morgan fingerprint density at radius 3 is 2.40 bits per heavy atom. The van der Waals surface area contributed by atoms with Gasteiger partial charge in [-0.15, -0.1) is 0 Å². The van der Waals surface area contributed by atoms with Crippen LogP contribution in [0, 0.1) is 20.8 Å². The lowest BCUT2D eigenvalue weighted by Crippen LogP contribution is -2.33. The number of hydrogen-bond acceptors (Lipinski definition) is 1. The molecular weight excluding hydrogens is 244 g/mol. The SMILES string of the molecule is Cc1cc(C)c2c(c1C)C(O)(c1ccccc1)CCC2. The molecule has 1 aliphatic rings. The van der Waals surface area contributed by atoms with Gasteiger partial charge in [0, 0.05) is 0 Å². The Hall–Kier alpha value is -1.60. The zero-order valence-corrected chi connectivity index (χ0v) is 12.5. The molecule has 2 aromatic rings. The maximum Gasteiger partial charge on any atom is 0.115 e. The first kappa shape index (κ1) is 13.4. The predicted octanol–water partition coefficient (Wildman–Crippen LogP) is 4.18. The Balaban J connectivity index is 2.29. The van der Waals surface area contributed by atoms with E-state index in [4.69, 9.17) is 0 Å². The highest BCUT2D eigenvalue weighted by molar-refractivity contribution is 5.52. The highest BCUT2D eigenvalue weighted by Gasteiger charge is 2.38. The largest absolute Gasteiger partial charge is 0.380 e. The fourth-order valence-corrected chi connectivity index (χ4v) is 3.67. The Morgan fingerprint density at radius 2 is 1.70 bits per heavy atom. The maximum atomic E-state index is 11.4. The zero-order valence-electron chi connectivity index (χ0n) is 12.5. The second-order valence-electron chi connectivity index (χ2n) is 6.07. The summed E-state index contributed by atoms with van der Waals surface area (Å²) in [4.78, 5) is 0. The lowest BCUT2D eigenvalue weighted by molar-refractivity contribution is 0.0607. The van der Waals surface area contributed by atoms with Crippen molar-refractivity contribution in [2.24, 2.45) is 0 Å². The molecule has 0 aliphatic heterocycles. The van der Waals surface area contributed by atoms with Gasteiger partial charge in [0.05, 0.1) is 0 Å². The molecular formula is C19H22O. The van der Waals surface area contributed by atoms with Crippen molar-refractivity contribution < 1.29 is 5.11 Å². The average Bonchev–Trinajstić information content (AvgIpc) is 2.46. The molecule has 20 heavy (non-hydrogen) atoms. The number of aryl methyl sites for hydroxylation is 2. The topological polar surface area (TPSA) is 20.2 Å². The van der Waals surface area contributed by atoms with Gasteiger partial charge in [-0.05, 0) is 73.4 Å². The van der Waals surface area contributed by atoms with Crippen LogP contribution in [0.4, 0.5) is 0 Å². The van der Waals surface area contributed by atoms with Gasteiger partial charge in [0.1, 0.15) is 5.60 Å². The van der Waals surface area contributed by atoms with Gasteiger partial charge >= 0.3 is 0 Å². The van der Waals surface area contributed by atoms with E-state index >= 15 is 0 Å². The van der Waals surface area contributed by atoms with Gasteiger partial charge in [-0.1, -0.05) is 36.4 Å². The van der Waals surface area contributed by atoms with Gasteiger partial charge in [-0.2, -0.15) is 0 Å². The van der Waals surface area contributed by atoms with Crippen molar-refractivity contribution in [3.8, 4) is 0 Å². The molecule has 0 heterocycles. The first-order valence-electron chi connectivity index (χ1n) is 7.42. The highest BCUT2D eigenvalue weighted by atomic mass is 16.3. The summed E-state index contributed by atoms with van der Waals surface area (Å²) in [6.07, 6.45) is 2.94. The van der Waals surface area contributed by atoms with Crippen molar-refractivity contribution in [2.45, 2.75) is 45.6 Å². The summed E-state index contributed by atoms with van der Waals surface area (Å²) in [6, 6.07) is 12.4. The van der Waals surface area contributed by atoms with Gasteiger partial charge in [0.15, 0.2) is 0 Å². The normalized spacial score (nSPS) is 21.6. The molecule has 1 N–H and O–H groups in total. The van der Waals surface area contributed by atoms with E-state index in [1.165, 1.54) is 22.3 Å². The molecule has 1 aliphatic carbocycles. The molecule has 1 atom stereocenters. The van der Waals surface area contributed by atoms with Crippen molar-refractivity contribution in [2.75, 3.05) is 0 Å². The second kappa shape index (κ2) is 4.75. The summed E-state index contributed by atoms with van der Waals surface area (Å²) in [5, 5.41) is 11.4. The average molecular weight is 266 g/mol. The molecule has 104 valence electrons. The number of hydrogen-bond donors (Lipinski definition) is 1. The van der Waals surface area contributed by atoms with E-state index in [0.717, 1.165) is 30.4 Å². The molecule has 0 fully saturated rings. The Kier molecular flexibility index (Phi) is 3.18. The lowest BCUT2D eigenvalue weighted by Gasteiger charge is -2.38. The first-order chi connectivity index (χ1) is 9.54. The van der Waals surface area contributed by atoms with E-state index in [0.29, 0.717) is 0 Å². The van der Waals surface area contributed by atoms with E-state index in [9.17, 15) is 5.11 Å². The van der Waals surface area contributed by atoms with Crippen LogP contribution in [-0.4, -0.2) is 5.11 Å². The molecule has 0 spiro atoms. The molecule has 1 heteroatoms. The molecule has 1 nitrogen and oxygen atoms in total. The van der Waals surface area contributed by atoms with E-state index in [1.54, 1.807) is 0 Å². The summed E-state index contributed by atoms with van der Waals surface area (Å²) in [5.74, 6) is 0. The van der Waals surface area contributed by atoms with Crippen LogP contribution in [0.25, 0.3) is 0 Å². The fourth-order valence-electron chi connectivity index (χ4n) is 3.67. The Morgan fingerprint density at radius 1 is 1.00 bits per heavy atom. The third-order valence-electron chi connectivity index (χ3n) is 4.81. The third kappa shape index (κ3) is 1.89. The quantitative estimate of drug-likeness (QED) is 0.820. The van der Waals surface area contributed by atoms with E-state index in [1.807, 2.05) is 30.3 Å². The first-order valence-corrected chi connectivity index (χ1v) is 7.42. The number of aliphatic hydroxyl groups is 1. The van der Waals surface area contributed by atoms with Crippen LogP contribution >= 0.6 is 0 Å². The van der Waals surface area contributed by atoms with E-state index in [-0.39, 0.29) is 0 Å². The number of rotatable bonds is 1. The maximum absolute atomic E-state index is 11.4. The van der Waals surface area contributed by atoms with E-state index < -0.39 is 5.60 Å². The molecule has 0 aromatic heterocycles. The molecule has 3 rings (SSSR count). The van der Waals surface area contributed by atoms with Crippen LogP contribution in [0.1, 0.15) is 46.2 Å². The minimum Gasteiger partial charge on any atom is -0.380 e. The van der Waals surface area contributed by atoms with Gasteiger partial charge in [-0.25, -0.2) is 0 Å². The molecule has 1 unspecified atom stereocenters. The fraction of sp³-hybridized carbons (Fsp3) is 0.368.